The van der Waals surface area contributed by atoms with Crippen molar-refractivity contribution in [3.63, 3.8) is 0 Å². The number of hydrogen-bond acceptors (Lipinski definition) is 5. The molecule has 1 unspecified atom stereocenters. The monoisotopic (exact) mass is 573 g/mol. The fourth-order valence-electron chi connectivity index (χ4n) is 4.25. The number of carboxylic acids is 1. The molecule has 0 spiro atoms. The molecule has 40 heavy (non-hydrogen) atoms. The summed E-state index contributed by atoms with van der Waals surface area (Å²) in [6.07, 6.45) is 10.1. The summed E-state index contributed by atoms with van der Waals surface area (Å²) in [5.74, 6) is -2.85. The van der Waals surface area contributed by atoms with Crippen molar-refractivity contribution in [2.45, 2.75) is 103 Å². The van der Waals surface area contributed by atoms with Gasteiger partial charge in [0.05, 0.1) is 0 Å². The molecule has 8 nitrogen and oxygen atoms in total. The van der Waals surface area contributed by atoms with Crippen LogP contribution in [0.3, 0.4) is 0 Å². The molecule has 1 aliphatic rings. The summed E-state index contributed by atoms with van der Waals surface area (Å²) in [6.45, 7) is 4.76. The van der Waals surface area contributed by atoms with E-state index >= 15 is 0 Å². The van der Waals surface area contributed by atoms with E-state index in [2.05, 4.69) is 17.6 Å². The van der Waals surface area contributed by atoms with Crippen LogP contribution in [0.4, 0.5) is 18.0 Å². The molecule has 1 aromatic rings. The highest BCUT2D eigenvalue weighted by atomic mass is 19.4. The topological polar surface area (TPSA) is 108 Å². The number of carbonyl (C=O) groups is 3. The zero-order chi connectivity index (χ0) is 29.6. The number of aliphatic carboxylic acids is 1. The van der Waals surface area contributed by atoms with Crippen molar-refractivity contribution in [3.8, 4) is 0 Å². The molecule has 1 aromatic carbocycles. The minimum absolute atomic E-state index is 0.0954. The summed E-state index contributed by atoms with van der Waals surface area (Å²) in [6, 6.07) is 9.09. The van der Waals surface area contributed by atoms with Gasteiger partial charge in [-0.25, -0.2) is 9.59 Å². The molecule has 0 aromatic heterocycles. The second-order valence-corrected chi connectivity index (χ2v) is 9.94. The molecule has 2 rings (SSSR count). The summed E-state index contributed by atoms with van der Waals surface area (Å²) in [5, 5.41) is 13.4. The minimum atomic E-state index is -5.08. The first-order chi connectivity index (χ1) is 19.2. The summed E-state index contributed by atoms with van der Waals surface area (Å²) < 4.78 is 37.2. The summed E-state index contributed by atoms with van der Waals surface area (Å²) in [7, 11) is 0. The maximum atomic E-state index is 12.7. The molecule has 228 valence electrons. The molecule has 3 N–H and O–H groups in total. The van der Waals surface area contributed by atoms with Gasteiger partial charge in [-0.15, -0.1) is 0 Å². The highest BCUT2D eigenvalue weighted by Crippen LogP contribution is 2.14. The standard InChI is InChI=1S/C27H45N3O3.C2HF3O2/c1-2-3-4-5-6-7-8-9-10-11-12-16-19-29-26(31)25-22-28-20-21-30(25)27(32)33-23-24-17-14-13-15-18-24;3-2(4,5)1(6)7/h13-15,17-18,25,28H,2-12,16,19-23H2,1H3,(H,29,31);(H,6,7). The predicted molar refractivity (Wildman–Crippen MR) is 148 cm³/mol. The van der Waals surface area contributed by atoms with E-state index in [4.69, 9.17) is 14.6 Å². The smallest absolute Gasteiger partial charge is 0.475 e. The lowest BCUT2D eigenvalue weighted by Gasteiger charge is -2.34. The van der Waals surface area contributed by atoms with Crippen LogP contribution in [-0.4, -0.2) is 66.4 Å². The Morgan fingerprint density at radius 1 is 0.950 bits per heavy atom. The first-order valence-electron chi connectivity index (χ1n) is 14.4. The van der Waals surface area contributed by atoms with Crippen molar-refractivity contribution < 1.29 is 37.4 Å². The van der Waals surface area contributed by atoms with Gasteiger partial charge >= 0.3 is 18.2 Å². The van der Waals surface area contributed by atoms with Crippen molar-refractivity contribution >= 4 is 18.0 Å². The number of hydrogen-bond donors (Lipinski definition) is 3. The molecule has 0 bridgehead atoms. The van der Waals surface area contributed by atoms with E-state index in [0.29, 0.717) is 26.2 Å². The lowest BCUT2D eigenvalue weighted by molar-refractivity contribution is -0.192. The number of nitrogens with zero attached hydrogens (tertiary/aromatic N) is 1. The highest BCUT2D eigenvalue weighted by molar-refractivity contribution is 5.86. The van der Waals surface area contributed by atoms with E-state index in [0.717, 1.165) is 18.4 Å². The Hall–Kier alpha value is -2.82. The zero-order valence-electron chi connectivity index (χ0n) is 23.6. The number of carboxylic acid groups (broad SMARTS) is 1. The molecule has 0 radical (unpaired) electrons. The minimum Gasteiger partial charge on any atom is -0.475 e. The molecular weight excluding hydrogens is 527 g/mol. The van der Waals surface area contributed by atoms with Gasteiger partial charge in [0.2, 0.25) is 5.91 Å². The Balaban J connectivity index is 0.00000101. The quantitative estimate of drug-likeness (QED) is 0.208. The van der Waals surface area contributed by atoms with Crippen molar-refractivity contribution in [2.75, 3.05) is 26.2 Å². The van der Waals surface area contributed by atoms with Crippen LogP contribution in [-0.2, 0) is 20.9 Å². The lowest BCUT2D eigenvalue weighted by Crippen LogP contribution is -2.59. The van der Waals surface area contributed by atoms with Crippen LogP contribution < -0.4 is 10.6 Å². The van der Waals surface area contributed by atoms with E-state index in [1.54, 1.807) is 4.90 Å². The summed E-state index contributed by atoms with van der Waals surface area (Å²) in [4.78, 5) is 35.7. The summed E-state index contributed by atoms with van der Waals surface area (Å²) in [5.41, 5.74) is 0.939. The molecule has 0 saturated carbocycles. The van der Waals surface area contributed by atoms with E-state index in [1.807, 2.05) is 30.3 Å². The van der Waals surface area contributed by atoms with Crippen molar-refractivity contribution in [2.24, 2.45) is 0 Å². The first kappa shape index (κ1) is 35.2. The van der Waals surface area contributed by atoms with Crippen molar-refractivity contribution in [3.05, 3.63) is 35.9 Å². The number of unbranched alkanes of at least 4 members (excludes halogenated alkanes) is 11. The van der Waals surface area contributed by atoms with E-state index < -0.39 is 24.3 Å². The molecule has 0 aliphatic carbocycles. The lowest BCUT2D eigenvalue weighted by atomic mass is 10.1. The first-order valence-corrected chi connectivity index (χ1v) is 14.4. The van der Waals surface area contributed by atoms with Gasteiger partial charge in [-0.3, -0.25) is 9.69 Å². The van der Waals surface area contributed by atoms with Gasteiger partial charge in [0.25, 0.3) is 0 Å². The van der Waals surface area contributed by atoms with Gasteiger partial charge in [-0.1, -0.05) is 108 Å². The van der Waals surface area contributed by atoms with Crippen LogP contribution in [0.5, 0.6) is 0 Å². The Morgan fingerprint density at radius 2 is 1.48 bits per heavy atom. The van der Waals surface area contributed by atoms with Crippen LogP contribution in [0.15, 0.2) is 30.3 Å². The van der Waals surface area contributed by atoms with Gasteiger partial charge < -0.3 is 20.5 Å². The molecule has 1 atom stereocenters. The van der Waals surface area contributed by atoms with Crippen molar-refractivity contribution in [1.29, 1.82) is 0 Å². The molecule has 1 saturated heterocycles. The van der Waals surface area contributed by atoms with Crippen LogP contribution in [0.2, 0.25) is 0 Å². The number of nitrogens with one attached hydrogen (secondary N) is 2. The van der Waals surface area contributed by atoms with E-state index in [1.165, 1.54) is 64.2 Å². The fraction of sp³-hybridized carbons (Fsp3) is 0.690. The van der Waals surface area contributed by atoms with Gasteiger partial charge in [0, 0.05) is 26.2 Å². The highest BCUT2D eigenvalue weighted by Gasteiger charge is 2.38. The van der Waals surface area contributed by atoms with Gasteiger partial charge in [-0.2, -0.15) is 13.2 Å². The van der Waals surface area contributed by atoms with E-state index in [-0.39, 0.29) is 12.5 Å². The number of ether oxygens (including phenoxy) is 1. The Morgan fingerprint density at radius 3 is 2.00 bits per heavy atom. The van der Waals surface area contributed by atoms with Crippen LogP contribution in [0.25, 0.3) is 0 Å². The number of alkyl halides is 3. The average molecular weight is 574 g/mol. The average Bonchev–Trinajstić information content (AvgIpc) is 2.94. The number of amides is 2. The number of rotatable bonds is 16. The maximum absolute atomic E-state index is 12.7. The molecular formula is C29H46F3N3O5. The Bertz CT molecular complexity index is 840. The van der Waals surface area contributed by atoms with Gasteiger partial charge in [0.15, 0.2) is 0 Å². The van der Waals surface area contributed by atoms with Gasteiger partial charge in [-0.05, 0) is 12.0 Å². The van der Waals surface area contributed by atoms with Crippen LogP contribution >= 0.6 is 0 Å². The third-order valence-corrected chi connectivity index (χ3v) is 6.56. The largest absolute Gasteiger partial charge is 0.490 e. The molecule has 2 amide bonds. The number of piperazine rings is 1. The third kappa shape index (κ3) is 16.3. The van der Waals surface area contributed by atoms with Gasteiger partial charge in [0.1, 0.15) is 12.6 Å². The predicted octanol–water partition coefficient (Wildman–Crippen LogP) is 6.05. The Labute approximate surface area is 236 Å². The summed E-state index contributed by atoms with van der Waals surface area (Å²) >= 11 is 0. The second-order valence-electron chi connectivity index (χ2n) is 9.94. The van der Waals surface area contributed by atoms with E-state index in [9.17, 15) is 22.8 Å². The molecule has 1 aliphatic heterocycles. The SMILES string of the molecule is CCCCCCCCCCCCCCNC(=O)C1CNCCN1C(=O)OCc1ccccc1.O=C(O)C(F)(F)F. The molecule has 1 heterocycles. The van der Waals surface area contributed by atoms with Crippen LogP contribution in [0, 0.1) is 0 Å². The number of benzene rings is 1. The van der Waals surface area contributed by atoms with Crippen LogP contribution in [0.1, 0.15) is 89.5 Å². The van der Waals surface area contributed by atoms with Crippen molar-refractivity contribution in [1.82, 2.24) is 15.5 Å². The fourth-order valence-corrected chi connectivity index (χ4v) is 4.25. The normalized spacial score (nSPS) is 15.1. The zero-order valence-corrected chi connectivity index (χ0v) is 23.6. The maximum Gasteiger partial charge on any atom is 0.490 e. The third-order valence-electron chi connectivity index (χ3n) is 6.56. The number of carbonyl (C=O) groups excluding carboxylic acids is 2. The second kappa shape index (κ2) is 21.0. The molecule has 11 heteroatoms. The number of halogens is 3. The Kier molecular flexibility index (Phi) is 18.5. The molecule has 1 fully saturated rings.